The lowest BCUT2D eigenvalue weighted by atomic mass is 10.1. The lowest BCUT2D eigenvalue weighted by Gasteiger charge is -2.20. The lowest BCUT2D eigenvalue weighted by Crippen LogP contribution is -2.43. The summed E-state index contributed by atoms with van der Waals surface area (Å²) in [6.07, 6.45) is 1.59. The summed E-state index contributed by atoms with van der Waals surface area (Å²) in [7, 11) is -7.35. The van der Waals surface area contributed by atoms with Crippen molar-refractivity contribution in [1.29, 1.82) is 0 Å². The summed E-state index contributed by atoms with van der Waals surface area (Å²) in [6, 6.07) is 12.8. The summed E-state index contributed by atoms with van der Waals surface area (Å²) < 4.78 is 63.8. The van der Waals surface area contributed by atoms with E-state index >= 15 is 0 Å². The van der Waals surface area contributed by atoms with Gasteiger partial charge >= 0.3 is 0 Å². The molecule has 0 bridgehead atoms. The van der Waals surface area contributed by atoms with Crippen molar-refractivity contribution in [2.75, 3.05) is 18.1 Å². The van der Waals surface area contributed by atoms with Crippen molar-refractivity contribution < 1.29 is 21.2 Å². The Morgan fingerprint density at radius 2 is 1.82 bits per heavy atom. The Bertz CT molecular complexity index is 1040. The van der Waals surface area contributed by atoms with E-state index in [0.717, 1.165) is 18.9 Å². The van der Waals surface area contributed by atoms with Crippen LogP contribution in [0.5, 0.6) is 0 Å². The third-order valence-corrected chi connectivity index (χ3v) is 9.20. The van der Waals surface area contributed by atoms with Crippen LogP contribution >= 0.6 is 0 Å². The zero-order valence-corrected chi connectivity index (χ0v) is 17.3. The summed E-state index contributed by atoms with van der Waals surface area (Å²) >= 11 is 0. The Kier molecular flexibility index (Phi) is 6.21. The van der Waals surface area contributed by atoms with Crippen molar-refractivity contribution in [2.45, 2.75) is 36.0 Å². The van der Waals surface area contributed by atoms with E-state index in [1.807, 2.05) is 30.3 Å². The van der Waals surface area contributed by atoms with Gasteiger partial charge in [0.05, 0.1) is 21.7 Å². The number of hydrogen-bond donors (Lipinski definition) is 1. The second-order valence-corrected chi connectivity index (χ2v) is 11.5. The van der Waals surface area contributed by atoms with Crippen molar-refractivity contribution in [3.05, 3.63) is 65.5 Å². The molecule has 2 atom stereocenters. The van der Waals surface area contributed by atoms with Crippen LogP contribution in [0, 0.1) is 12.7 Å². The third kappa shape index (κ3) is 4.79. The second kappa shape index (κ2) is 8.31. The first kappa shape index (κ1) is 21.0. The van der Waals surface area contributed by atoms with Crippen molar-refractivity contribution in [3.63, 3.8) is 0 Å². The van der Waals surface area contributed by atoms with Crippen LogP contribution in [0.25, 0.3) is 0 Å². The molecule has 0 unspecified atom stereocenters. The fourth-order valence-corrected chi connectivity index (χ4v) is 8.31. The number of halogens is 1. The van der Waals surface area contributed by atoms with Gasteiger partial charge in [-0.2, -0.15) is 0 Å². The molecule has 1 saturated heterocycles. The molecule has 1 N–H and O–H groups in total. The normalized spacial score (nSPS) is 21.6. The van der Waals surface area contributed by atoms with Gasteiger partial charge < -0.3 is 5.32 Å². The topological polar surface area (TPSA) is 80.3 Å². The van der Waals surface area contributed by atoms with Crippen LogP contribution in [0.15, 0.2) is 53.4 Å². The van der Waals surface area contributed by atoms with Crippen LogP contribution in [-0.2, 0) is 26.1 Å². The molecule has 0 aliphatic carbocycles. The van der Waals surface area contributed by atoms with Gasteiger partial charge in [0.15, 0.2) is 19.7 Å². The molecule has 28 heavy (non-hydrogen) atoms. The first-order chi connectivity index (χ1) is 13.2. The van der Waals surface area contributed by atoms with Gasteiger partial charge in [-0.05, 0) is 55.6 Å². The SMILES string of the molecule is Cc1cc(S(=O)(=O)[C@H]2CS(=O)(=O)C[C@@H]2NCCCc2ccccc2)ccc1F. The summed E-state index contributed by atoms with van der Waals surface area (Å²) in [5.74, 6) is -1.11. The molecule has 8 heteroatoms. The average molecular weight is 426 g/mol. The van der Waals surface area contributed by atoms with Gasteiger partial charge in [-0.25, -0.2) is 21.2 Å². The Balaban J connectivity index is 1.71. The number of rotatable bonds is 7. The molecule has 0 spiro atoms. The smallest absolute Gasteiger partial charge is 0.183 e. The molecule has 2 aromatic rings. The molecule has 3 rings (SSSR count). The van der Waals surface area contributed by atoms with Crippen molar-refractivity contribution >= 4 is 19.7 Å². The highest BCUT2D eigenvalue weighted by Gasteiger charge is 2.45. The van der Waals surface area contributed by atoms with Gasteiger partial charge in [-0.1, -0.05) is 30.3 Å². The van der Waals surface area contributed by atoms with Crippen LogP contribution < -0.4 is 5.32 Å². The minimum atomic E-state index is -3.90. The van der Waals surface area contributed by atoms with E-state index in [-0.39, 0.29) is 16.2 Å². The van der Waals surface area contributed by atoms with Crippen LogP contribution in [0.2, 0.25) is 0 Å². The van der Waals surface area contributed by atoms with Gasteiger partial charge in [-0.15, -0.1) is 0 Å². The van der Waals surface area contributed by atoms with Gasteiger partial charge in [0.25, 0.3) is 0 Å². The lowest BCUT2D eigenvalue weighted by molar-refractivity contribution is 0.519. The largest absolute Gasteiger partial charge is 0.312 e. The molecule has 2 aromatic carbocycles. The maximum Gasteiger partial charge on any atom is 0.183 e. The Morgan fingerprint density at radius 1 is 1.11 bits per heavy atom. The second-order valence-electron chi connectivity index (χ2n) is 7.22. The summed E-state index contributed by atoms with van der Waals surface area (Å²) in [5.41, 5.74) is 1.39. The highest BCUT2D eigenvalue weighted by molar-refractivity contribution is 7.96. The Labute approximate surface area is 165 Å². The van der Waals surface area contributed by atoms with Gasteiger partial charge in [0.2, 0.25) is 0 Å². The van der Waals surface area contributed by atoms with Crippen LogP contribution in [0.3, 0.4) is 0 Å². The maximum atomic E-state index is 13.5. The molecule has 1 fully saturated rings. The number of sulfone groups is 2. The molecule has 1 aliphatic heterocycles. The minimum Gasteiger partial charge on any atom is -0.312 e. The minimum absolute atomic E-state index is 0.0374. The van der Waals surface area contributed by atoms with E-state index in [4.69, 9.17) is 0 Å². The first-order valence-electron chi connectivity index (χ1n) is 9.17. The summed E-state index contributed by atoms with van der Waals surface area (Å²) in [5, 5.41) is 2.06. The molecule has 5 nitrogen and oxygen atoms in total. The third-order valence-electron chi connectivity index (χ3n) is 5.05. The molecule has 1 aliphatic rings. The molecule has 0 amide bonds. The summed E-state index contributed by atoms with van der Waals surface area (Å²) in [6.45, 7) is 2.00. The van der Waals surface area contributed by atoms with Crippen molar-refractivity contribution in [2.24, 2.45) is 0 Å². The van der Waals surface area contributed by atoms with Gasteiger partial charge in [0, 0.05) is 6.04 Å². The number of nitrogens with one attached hydrogen (secondary N) is 1. The number of hydrogen-bond acceptors (Lipinski definition) is 5. The molecular formula is C20H24FNO4S2. The highest BCUT2D eigenvalue weighted by atomic mass is 32.2. The molecular weight excluding hydrogens is 401 g/mol. The Morgan fingerprint density at radius 3 is 2.50 bits per heavy atom. The maximum absolute atomic E-state index is 13.5. The monoisotopic (exact) mass is 425 g/mol. The highest BCUT2D eigenvalue weighted by Crippen LogP contribution is 2.27. The van der Waals surface area contributed by atoms with Crippen molar-refractivity contribution in [1.82, 2.24) is 5.32 Å². The van der Waals surface area contributed by atoms with E-state index < -0.39 is 42.5 Å². The van der Waals surface area contributed by atoms with Gasteiger partial charge in [-0.3, -0.25) is 0 Å². The number of benzene rings is 2. The zero-order chi connectivity index (χ0) is 20.4. The van der Waals surface area contributed by atoms with E-state index in [9.17, 15) is 21.2 Å². The van der Waals surface area contributed by atoms with Crippen molar-refractivity contribution in [3.8, 4) is 0 Å². The standard InChI is InChI=1S/C20H24FNO4S2/c1-15-12-17(9-10-18(15)21)28(25,26)20-14-27(23,24)13-19(20)22-11-5-8-16-6-3-2-4-7-16/h2-4,6-7,9-10,12,19-20,22H,5,8,11,13-14H2,1H3/t19-,20-/m0/s1. The average Bonchev–Trinajstić information content (AvgIpc) is 2.97. The van der Waals surface area contributed by atoms with Gasteiger partial charge in [0.1, 0.15) is 5.82 Å². The number of aryl methyl sites for hydroxylation is 2. The fourth-order valence-electron chi connectivity index (χ4n) is 3.51. The zero-order valence-electron chi connectivity index (χ0n) is 15.6. The predicted octanol–water partition coefficient (Wildman–Crippen LogP) is 2.30. The quantitative estimate of drug-likeness (QED) is 0.544. The first-order valence-corrected chi connectivity index (χ1v) is 12.5. The molecule has 0 aromatic heterocycles. The summed E-state index contributed by atoms with van der Waals surface area (Å²) in [4.78, 5) is -0.0374. The predicted molar refractivity (Wildman–Crippen MR) is 107 cm³/mol. The van der Waals surface area contributed by atoms with E-state index in [0.29, 0.717) is 6.54 Å². The van der Waals surface area contributed by atoms with Crippen LogP contribution in [0.1, 0.15) is 17.5 Å². The molecule has 152 valence electrons. The van der Waals surface area contributed by atoms with Crippen LogP contribution in [0.4, 0.5) is 4.39 Å². The fraction of sp³-hybridized carbons (Fsp3) is 0.400. The molecule has 1 heterocycles. The Hall–Kier alpha value is -1.77. The van der Waals surface area contributed by atoms with Crippen LogP contribution in [-0.4, -0.2) is 46.2 Å². The van der Waals surface area contributed by atoms with E-state index in [1.165, 1.54) is 24.6 Å². The molecule has 0 saturated carbocycles. The molecule has 0 radical (unpaired) electrons. The van der Waals surface area contributed by atoms with E-state index in [1.54, 1.807) is 0 Å². The van der Waals surface area contributed by atoms with E-state index in [2.05, 4.69) is 5.32 Å².